The van der Waals surface area contributed by atoms with Crippen molar-refractivity contribution in [2.45, 2.75) is 13.3 Å². The minimum atomic E-state index is -0.332. The highest BCUT2D eigenvalue weighted by atomic mass is 16.2. The van der Waals surface area contributed by atoms with Crippen LogP contribution in [0.1, 0.15) is 32.7 Å². The van der Waals surface area contributed by atoms with Gasteiger partial charge in [-0.05, 0) is 19.1 Å². The van der Waals surface area contributed by atoms with Crippen LogP contribution in [-0.2, 0) is 4.79 Å². The predicted molar refractivity (Wildman–Crippen MR) is 74.4 cm³/mol. The molecule has 5 heteroatoms. The van der Waals surface area contributed by atoms with E-state index in [1.54, 1.807) is 24.3 Å². The number of nitrogens with one attached hydrogen (secondary N) is 1. The van der Waals surface area contributed by atoms with Crippen molar-refractivity contribution in [3.8, 4) is 0 Å². The van der Waals surface area contributed by atoms with Gasteiger partial charge in [0.05, 0.1) is 11.1 Å². The van der Waals surface area contributed by atoms with Crippen LogP contribution >= 0.6 is 0 Å². The van der Waals surface area contributed by atoms with Crippen LogP contribution in [0.15, 0.2) is 30.9 Å². The number of nitrogens with zero attached hydrogens (tertiary/aromatic N) is 1. The highest BCUT2D eigenvalue weighted by Crippen LogP contribution is 2.23. The topological polar surface area (TPSA) is 66.5 Å². The average Bonchev–Trinajstić information content (AvgIpc) is 2.66. The Hall–Kier alpha value is -2.43. The number of hydrogen-bond acceptors (Lipinski definition) is 3. The second-order valence-electron chi connectivity index (χ2n) is 4.65. The molecule has 0 aromatic heterocycles. The summed E-state index contributed by atoms with van der Waals surface area (Å²) in [5.74, 6) is -0.871. The highest BCUT2D eigenvalue weighted by molar-refractivity contribution is 6.21. The summed E-state index contributed by atoms with van der Waals surface area (Å²) in [6.45, 7) is 5.83. The number of benzene rings is 1. The molecular formula is C15H16N2O3. The van der Waals surface area contributed by atoms with Crippen molar-refractivity contribution in [3.63, 3.8) is 0 Å². The number of hydrogen-bond donors (Lipinski definition) is 1. The number of aryl methyl sites for hydroxylation is 1. The van der Waals surface area contributed by atoms with Crippen molar-refractivity contribution in [1.82, 2.24) is 10.2 Å². The molecule has 0 aliphatic carbocycles. The molecule has 0 radical (unpaired) electrons. The van der Waals surface area contributed by atoms with Crippen LogP contribution in [0.3, 0.4) is 0 Å². The minimum absolute atomic E-state index is 0.0916. The van der Waals surface area contributed by atoms with Crippen LogP contribution in [0.25, 0.3) is 0 Å². The number of carbonyl (C=O) groups is 3. The molecule has 0 bridgehead atoms. The van der Waals surface area contributed by atoms with Gasteiger partial charge in [0.1, 0.15) is 0 Å². The smallest absolute Gasteiger partial charge is 0.261 e. The largest absolute Gasteiger partial charge is 0.353 e. The predicted octanol–water partition coefficient (Wildman–Crippen LogP) is 1.28. The lowest BCUT2D eigenvalue weighted by Crippen LogP contribution is -2.34. The maximum Gasteiger partial charge on any atom is 0.261 e. The van der Waals surface area contributed by atoms with Crippen molar-refractivity contribution in [2.75, 3.05) is 13.1 Å². The van der Waals surface area contributed by atoms with E-state index in [1.165, 1.54) is 0 Å². The van der Waals surface area contributed by atoms with E-state index in [2.05, 4.69) is 11.9 Å². The van der Waals surface area contributed by atoms with Crippen LogP contribution in [0.4, 0.5) is 0 Å². The molecule has 0 unspecified atom stereocenters. The van der Waals surface area contributed by atoms with E-state index in [0.29, 0.717) is 17.7 Å². The zero-order valence-electron chi connectivity index (χ0n) is 11.3. The Morgan fingerprint density at radius 3 is 2.70 bits per heavy atom. The molecule has 1 aromatic rings. The number of rotatable bonds is 5. The SMILES string of the molecule is C=CCNC(=O)CCN1C(=O)c2ccc(C)cc2C1=O. The average molecular weight is 272 g/mol. The first-order chi connectivity index (χ1) is 9.54. The maximum absolute atomic E-state index is 12.1. The number of carbonyl (C=O) groups excluding carboxylic acids is 3. The molecule has 1 aromatic carbocycles. The van der Waals surface area contributed by atoms with E-state index in [1.807, 2.05) is 6.92 Å². The molecule has 1 N–H and O–H groups in total. The fraction of sp³-hybridized carbons (Fsp3) is 0.267. The van der Waals surface area contributed by atoms with E-state index in [4.69, 9.17) is 0 Å². The van der Waals surface area contributed by atoms with Gasteiger partial charge in [-0.1, -0.05) is 17.7 Å². The Morgan fingerprint density at radius 2 is 2.00 bits per heavy atom. The molecule has 1 heterocycles. The first kappa shape index (κ1) is 14.0. The molecule has 0 saturated carbocycles. The van der Waals surface area contributed by atoms with Gasteiger partial charge in [-0.2, -0.15) is 0 Å². The summed E-state index contributed by atoms with van der Waals surface area (Å²) in [5, 5.41) is 2.61. The highest BCUT2D eigenvalue weighted by Gasteiger charge is 2.35. The molecular weight excluding hydrogens is 256 g/mol. The fourth-order valence-corrected chi connectivity index (χ4v) is 2.10. The van der Waals surface area contributed by atoms with E-state index < -0.39 is 0 Å². The monoisotopic (exact) mass is 272 g/mol. The standard InChI is InChI=1S/C15H16N2O3/c1-3-7-16-13(18)6-8-17-14(19)11-5-4-10(2)9-12(11)15(17)20/h3-5,9H,1,6-8H2,2H3,(H,16,18). The molecule has 20 heavy (non-hydrogen) atoms. The van der Waals surface area contributed by atoms with Gasteiger partial charge in [-0.25, -0.2) is 0 Å². The van der Waals surface area contributed by atoms with Gasteiger partial charge >= 0.3 is 0 Å². The van der Waals surface area contributed by atoms with Crippen LogP contribution in [-0.4, -0.2) is 35.7 Å². The summed E-state index contributed by atoms with van der Waals surface area (Å²) in [6, 6.07) is 5.15. The van der Waals surface area contributed by atoms with E-state index in [-0.39, 0.29) is 30.7 Å². The number of imide groups is 1. The zero-order valence-corrected chi connectivity index (χ0v) is 11.3. The first-order valence-electron chi connectivity index (χ1n) is 6.39. The van der Waals surface area contributed by atoms with Gasteiger partial charge in [0.25, 0.3) is 11.8 Å². The molecule has 0 fully saturated rings. The van der Waals surface area contributed by atoms with Crippen LogP contribution in [0.2, 0.25) is 0 Å². The minimum Gasteiger partial charge on any atom is -0.353 e. The van der Waals surface area contributed by atoms with Crippen LogP contribution in [0, 0.1) is 6.92 Å². The van der Waals surface area contributed by atoms with E-state index in [0.717, 1.165) is 10.5 Å². The Kier molecular flexibility index (Phi) is 3.98. The molecule has 0 spiro atoms. The van der Waals surface area contributed by atoms with E-state index >= 15 is 0 Å². The Morgan fingerprint density at radius 1 is 1.30 bits per heavy atom. The van der Waals surface area contributed by atoms with E-state index in [9.17, 15) is 14.4 Å². The Balaban J connectivity index is 2.05. The van der Waals surface area contributed by atoms with Crippen molar-refractivity contribution >= 4 is 17.7 Å². The third-order valence-corrected chi connectivity index (χ3v) is 3.13. The van der Waals surface area contributed by atoms with Gasteiger partial charge in [0.2, 0.25) is 5.91 Å². The summed E-state index contributed by atoms with van der Waals surface area (Å²) in [5.41, 5.74) is 1.75. The quantitative estimate of drug-likeness (QED) is 0.648. The van der Waals surface area contributed by atoms with Gasteiger partial charge in [0, 0.05) is 19.5 Å². The molecule has 3 amide bonds. The summed E-state index contributed by atoms with van der Waals surface area (Å²) in [6.07, 6.45) is 1.67. The summed E-state index contributed by atoms with van der Waals surface area (Å²) in [4.78, 5) is 36.9. The summed E-state index contributed by atoms with van der Waals surface area (Å²) in [7, 11) is 0. The van der Waals surface area contributed by atoms with Crippen molar-refractivity contribution in [3.05, 3.63) is 47.5 Å². The van der Waals surface area contributed by atoms with Crippen LogP contribution in [0.5, 0.6) is 0 Å². The Bertz CT molecular complexity index is 593. The van der Waals surface area contributed by atoms with Crippen molar-refractivity contribution in [1.29, 1.82) is 0 Å². The van der Waals surface area contributed by atoms with Crippen molar-refractivity contribution < 1.29 is 14.4 Å². The second-order valence-corrected chi connectivity index (χ2v) is 4.65. The summed E-state index contributed by atoms with van der Waals surface area (Å²) < 4.78 is 0. The van der Waals surface area contributed by atoms with Gasteiger partial charge in [-0.3, -0.25) is 19.3 Å². The number of amides is 3. The first-order valence-corrected chi connectivity index (χ1v) is 6.39. The van der Waals surface area contributed by atoms with Gasteiger partial charge in [-0.15, -0.1) is 6.58 Å². The van der Waals surface area contributed by atoms with Crippen LogP contribution < -0.4 is 5.32 Å². The number of fused-ring (bicyclic) bond motifs is 1. The molecule has 2 rings (SSSR count). The normalized spacial score (nSPS) is 13.3. The maximum atomic E-state index is 12.1. The lowest BCUT2D eigenvalue weighted by atomic mass is 10.1. The molecule has 1 aliphatic rings. The molecule has 0 atom stereocenters. The summed E-state index contributed by atoms with van der Waals surface area (Å²) >= 11 is 0. The van der Waals surface area contributed by atoms with Gasteiger partial charge in [0.15, 0.2) is 0 Å². The third-order valence-electron chi connectivity index (χ3n) is 3.13. The lowest BCUT2D eigenvalue weighted by Gasteiger charge is -2.13. The third kappa shape index (κ3) is 2.61. The Labute approximate surface area is 117 Å². The molecule has 5 nitrogen and oxygen atoms in total. The molecule has 0 saturated heterocycles. The van der Waals surface area contributed by atoms with Gasteiger partial charge < -0.3 is 5.32 Å². The zero-order chi connectivity index (χ0) is 14.7. The fourth-order valence-electron chi connectivity index (χ4n) is 2.10. The molecule has 1 aliphatic heterocycles. The molecule has 104 valence electrons. The second kappa shape index (κ2) is 5.69. The van der Waals surface area contributed by atoms with Crippen molar-refractivity contribution in [2.24, 2.45) is 0 Å². The lowest BCUT2D eigenvalue weighted by molar-refractivity contribution is -0.120.